The highest BCUT2D eigenvalue weighted by Crippen LogP contribution is 2.29. The van der Waals surface area contributed by atoms with E-state index in [-0.39, 0.29) is 11.7 Å². The topological polar surface area (TPSA) is 73.3 Å². The Morgan fingerprint density at radius 1 is 1.04 bits per heavy atom. The number of benzene rings is 2. The number of aryl methyl sites for hydroxylation is 1. The Labute approximate surface area is 168 Å². The molecule has 2 aromatic carbocycles. The Kier molecular flexibility index (Phi) is 6.49. The van der Waals surface area contributed by atoms with Crippen molar-refractivity contribution in [3.05, 3.63) is 60.4 Å². The standard InChI is InChI=1S/C21H21N3O3S/c1-14-22-17(15-7-5-4-6-8-15)12-21(23-14)28-13-20(25)24-18-11-16(26-2)9-10-19(18)27-3/h4-12H,13H2,1-3H3,(H,24,25). The number of aromatic nitrogens is 2. The highest BCUT2D eigenvalue weighted by molar-refractivity contribution is 7.99. The predicted molar refractivity (Wildman–Crippen MR) is 111 cm³/mol. The first kappa shape index (κ1) is 19.7. The van der Waals surface area contributed by atoms with Crippen LogP contribution in [0.1, 0.15) is 5.82 Å². The molecule has 0 atom stereocenters. The molecule has 0 saturated carbocycles. The Balaban J connectivity index is 1.69. The lowest BCUT2D eigenvalue weighted by Gasteiger charge is -2.12. The van der Waals surface area contributed by atoms with Crippen LogP contribution in [0, 0.1) is 6.92 Å². The van der Waals surface area contributed by atoms with Crippen LogP contribution in [0.15, 0.2) is 59.6 Å². The minimum Gasteiger partial charge on any atom is -0.497 e. The van der Waals surface area contributed by atoms with Crippen LogP contribution in [0.4, 0.5) is 5.69 Å². The summed E-state index contributed by atoms with van der Waals surface area (Å²) in [5.74, 6) is 1.93. The highest BCUT2D eigenvalue weighted by atomic mass is 32.2. The Morgan fingerprint density at radius 2 is 1.82 bits per heavy atom. The Bertz CT molecular complexity index is 964. The zero-order valence-corrected chi connectivity index (χ0v) is 16.7. The Morgan fingerprint density at radius 3 is 2.54 bits per heavy atom. The molecule has 0 unspecified atom stereocenters. The molecule has 1 aromatic heterocycles. The van der Waals surface area contributed by atoms with Gasteiger partial charge in [0.25, 0.3) is 0 Å². The average molecular weight is 395 g/mol. The molecule has 0 fully saturated rings. The molecule has 0 spiro atoms. The fourth-order valence-corrected chi connectivity index (χ4v) is 3.35. The van der Waals surface area contributed by atoms with E-state index in [4.69, 9.17) is 9.47 Å². The zero-order valence-electron chi connectivity index (χ0n) is 15.9. The average Bonchev–Trinajstić information content (AvgIpc) is 2.72. The monoisotopic (exact) mass is 395 g/mol. The molecule has 1 heterocycles. The van der Waals surface area contributed by atoms with Crippen molar-refractivity contribution < 1.29 is 14.3 Å². The van der Waals surface area contributed by atoms with Crippen molar-refractivity contribution >= 4 is 23.4 Å². The lowest BCUT2D eigenvalue weighted by atomic mass is 10.1. The number of carbonyl (C=O) groups is 1. The number of methoxy groups -OCH3 is 2. The Hall–Kier alpha value is -3.06. The summed E-state index contributed by atoms with van der Waals surface area (Å²) in [5.41, 5.74) is 2.42. The van der Waals surface area contributed by atoms with Crippen LogP contribution < -0.4 is 14.8 Å². The molecule has 7 heteroatoms. The maximum atomic E-state index is 12.4. The first-order valence-electron chi connectivity index (χ1n) is 8.65. The first-order valence-corrected chi connectivity index (χ1v) is 9.63. The van der Waals surface area contributed by atoms with Crippen molar-refractivity contribution in [3.8, 4) is 22.8 Å². The summed E-state index contributed by atoms with van der Waals surface area (Å²) >= 11 is 1.36. The van der Waals surface area contributed by atoms with Gasteiger partial charge in [-0.15, -0.1) is 0 Å². The van der Waals surface area contributed by atoms with E-state index in [1.165, 1.54) is 11.8 Å². The second kappa shape index (κ2) is 9.23. The van der Waals surface area contributed by atoms with E-state index in [1.54, 1.807) is 32.4 Å². The SMILES string of the molecule is COc1ccc(OC)c(NC(=O)CSc2cc(-c3ccccc3)nc(C)n2)c1. The number of amides is 1. The van der Waals surface area contributed by atoms with Crippen LogP contribution in [0.2, 0.25) is 0 Å². The number of ether oxygens (including phenoxy) is 2. The van der Waals surface area contributed by atoms with Crippen molar-refractivity contribution in [3.63, 3.8) is 0 Å². The summed E-state index contributed by atoms with van der Waals surface area (Å²) in [6.45, 7) is 1.84. The molecule has 0 aliphatic rings. The normalized spacial score (nSPS) is 10.4. The summed E-state index contributed by atoms with van der Waals surface area (Å²) in [5, 5.41) is 3.61. The van der Waals surface area contributed by atoms with Crippen LogP contribution in [-0.2, 0) is 4.79 Å². The van der Waals surface area contributed by atoms with Crippen LogP contribution in [0.25, 0.3) is 11.3 Å². The molecule has 144 valence electrons. The minimum atomic E-state index is -0.158. The molecule has 0 saturated heterocycles. The number of anilines is 1. The lowest BCUT2D eigenvalue weighted by Crippen LogP contribution is -2.15. The molecule has 0 aliphatic carbocycles. The van der Waals surface area contributed by atoms with E-state index in [0.717, 1.165) is 16.3 Å². The van der Waals surface area contributed by atoms with Gasteiger partial charge < -0.3 is 14.8 Å². The number of hydrogen-bond donors (Lipinski definition) is 1. The molecular formula is C21H21N3O3S. The molecule has 6 nitrogen and oxygen atoms in total. The quantitative estimate of drug-likeness (QED) is 0.477. The van der Waals surface area contributed by atoms with E-state index >= 15 is 0 Å². The molecular weight excluding hydrogens is 374 g/mol. The number of hydrogen-bond acceptors (Lipinski definition) is 6. The largest absolute Gasteiger partial charge is 0.497 e. The maximum absolute atomic E-state index is 12.4. The summed E-state index contributed by atoms with van der Waals surface area (Å²) in [6.07, 6.45) is 0. The molecule has 1 N–H and O–H groups in total. The second-order valence-corrected chi connectivity index (χ2v) is 6.90. The van der Waals surface area contributed by atoms with E-state index in [1.807, 2.05) is 43.3 Å². The van der Waals surface area contributed by atoms with Crippen LogP contribution in [0.3, 0.4) is 0 Å². The van der Waals surface area contributed by atoms with Gasteiger partial charge in [-0.05, 0) is 25.1 Å². The highest BCUT2D eigenvalue weighted by Gasteiger charge is 2.11. The number of nitrogens with one attached hydrogen (secondary N) is 1. The first-order chi connectivity index (χ1) is 13.6. The zero-order chi connectivity index (χ0) is 19.9. The summed E-state index contributed by atoms with van der Waals surface area (Å²) in [7, 11) is 3.13. The minimum absolute atomic E-state index is 0.158. The van der Waals surface area contributed by atoms with Crippen molar-refractivity contribution in [2.45, 2.75) is 11.9 Å². The third-order valence-electron chi connectivity index (χ3n) is 3.92. The van der Waals surface area contributed by atoms with Crippen molar-refractivity contribution in [2.24, 2.45) is 0 Å². The van der Waals surface area contributed by atoms with Gasteiger partial charge in [-0.1, -0.05) is 42.1 Å². The van der Waals surface area contributed by atoms with Gasteiger partial charge in [0.2, 0.25) is 5.91 Å². The van der Waals surface area contributed by atoms with Crippen LogP contribution >= 0.6 is 11.8 Å². The molecule has 0 radical (unpaired) electrons. The van der Waals surface area contributed by atoms with E-state index < -0.39 is 0 Å². The molecule has 3 aromatic rings. The molecule has 0 aliphatic heterocycles. The predicted octanol–water partition coefficient (Wildman–Crippen LogP) is 4.20. The number of thioether (sulfide) groups is 1. The number of carbonyl (C=O) groups excluding carboxylic acids is 1. The summed E-state index contributed by atoms with van der Waals surface area (Å²) in [6, 6.07) is 17.0. The third-order valence-corrected chi connectivity index (χ3v) is 4.83. The van der Waals surface area contributed by atoms with Crippen molar-refractivity contribution in [1.29, 1.82) is 0 Å². The van der Waals surface area contributed by atoms with Crippen molar-refractivity contribution in [2.75, 3.05) is 25.3 Å². The van der Waals surface area contributed by atoms with Gasteiger partial charge in [0.05, 0.1) is 31.4 Å². The number of nitrogens with zero attached hydrogens (tertiary/aromatic N) is 2. The van der Waals surface area contributed by atoms with Crippen molar-refractivity contribution in [1.82, 2.24) is 9.97 Å². The lowest BCUT2D eigenvalue weighted by molar-refractivity contribution is -0.113. The van der Waals surface area contributed by atoms with E-state index in [9.17, 15) is 4.79 Å². The van der Waals surface area contributed by atoms with Crippen LogP contribution in [0.5, 0.6) is 11.5 Å². The number of rotatable bonds is 7. The smallest absolute Gasteiger partial charge is 0.234 e. The van der Waals surface area contributed by atoms with Gasteiger partial charge in [-0.2, -0.15) is 0 Å². The van der Waals surface area contributed by atoms with E-state index in [2.05, 4.69) is 15.3 Å². The van der Waals surface area contributed by atoms with Gasteiger partial charge in [-0.25, -0.2) is 9.97 Å². The fraction of sp³-hybridized carbons (Fsp3) is 0.190. The molecule has 0 bridgehead atoms. The maximum Gasteiger partial charge on any atom is 0.234 e. The van der Waals surface area contributed by atoms with Gasteiger partial charge >= 0.3 is 0 Å². The fourth-order valence-electron chi connectivity index (χ4n) is 2.61. The van der Waals surface area contributed by atoms with E-state index in [0.29, 0.717) is 23.0 Å². The van der Waals surface area contributed by atoms with Gasteiger partial charge in [0, 0.05) is 11.6 Å². The molecule has 28 heavy (non-hydrogen) atoms. The second-order valence-electron chi connectivity index (χ2n) is 5.91. The summed E-state index contributed by atoms with van der Waals surface area (Å²) in [4.78, 5) is 21.3. The van der Waals surface area contributed by atoms with Gasteiger partial charge in [0.1, 0.15) is 22.3 Å². The van der Waals surface area contributed by atoms with Crippen LogP contribution in [-0.4, -0.2) is 35.8 Å². The molecule has 3 rings (SSSR count). The third kappa shape index (κ3) is 5.01. The summed E-state index contributed by atoms with van der Waals surface area (Å²) < 4.78 is 10.5. The van der Waals surface area contributed by atoms with Gasteiger partial charge in [0.15, 0.2) is 0 Å². The van der Waals surface area contributed by atoms with Gasteiger partial charge in [-0.3, -0.25) is 4.79 Å². The molecule has 1 amide bonds.